The molecule has 3 N–H and O–H groups in total. The molecule has 2 atom stereocenters. The second kappa shape index (κ2) is 16.5. The van der Waals surface area contributed by atoms with Crippen LogP contribution < -0.4 is 19.5 Å². The topological polar surface area (TPSA) is 172 Å². The number of aromatic nitrogens is 3. The number of aryl methyl sites for hydroxylation is 1. The number of nitrogens with one attached hydrogen (secondary N) is 1. The number of nitriles is 1. The molecule has 0 radical (unpaired) electrons. The largest absolute Gasteiger partial charge is 0.481 e. The number of halogens is 2. The number of pyridine rings is 3. The Kier molecular flexibility index (Phi) is 11.4. The summed E-state index contributed by atoms with van der Waals surface area (Å²) >= 11 is 14.0. The Hall–Kier alpha value is -5.74. The first-order chi connectivity index (χ1) is 27.1. The van der Waals surface area contributed by atoms with E-state index in [0.717, 1.165) is 45.8 Å². The highest BCUT2D eigenvalue weighted by atomic mass is 35.5. The van der Waals surface area contributed by atoms with Crippen LogP contribution in [0.15, 0.2) is 78.0 Å². The number of fused-ring (bicyclic) bond motifs is 1. The monoisotopic (exact) mass is 792 g/mol. The average Bonchev–Trinajstić information content (AvgIpc) is 3.91. The van der Waals surface area contributed by atoms with Gasteiger partial charge >= 0.3 is 5.97 Å². The molecule has 0 fully saturated rings. The van der Waals surface area contributed by atoms with Crippen molar-refractivity contribution in [2.45, 2.75) is 45.3 Å². The summed E-state index contributed by atoms with van der Waals surface area (Å²) in [5.74, 6) is 0.448. The number of aliphatic imine (C=N–C) groups is 1. The Morgan fingerprint density at radius 3 is 2.57 bits per heavy atom. The highest BCUT2D eigenvalue weighted by Gasteiger charge is 2.33. The Balaban J connectivity index is 1.17. The molecule has 7 rings (SSSR count). The number of aliphatic hydroxyl groups is 1. The predicted octanol–water partition coefficient (Wildman–Crippen LogP) is 7.40. The van der Waals surface area contributed by atoms with Crippen molar-refractivity contribution < 1.29 is 29.2 Å². The molecule has 286 valence electrons. The van der Waals surface area contributed by atoms with Gasteiger partial charge in [-0.2, -0.15) is 10.2 Å². The normalized spacial score (nSPS) is 15.6. The minimum Gasteiger partial charge on any atom is -0.481 e. The van der Waals surface area contributed by atoms with Gasteiger partial charge in [0.1, 0.15) is 29.6 Å². The maximum absolute atomic E-state index is 11.9. The molecule has 56 heavy (non-hydrogen) atoms. The van der Waals surface area contributed by atoms with Crippen LogP contribution in [0.1, 0.15) is 59.3 Å². The fraction of sp³-hybridized carbons (Fsp3) is 0.286. The van der Waals surface area contributed by atoms with E-state index in [1.165, 1.54) is 13.1 Å². The number of carboxylic acids is 1. The molecule has 0 saturated carbocycles. The van der Waals surface area contributed by atoms with Crippen molar-refractivity contribution >= 4 is 35.0 Å². The molecule has 14 heteroatoms. The molecule has 2 aliphatic rings. The Morgan fingerprint density at radius 2 is 1.82 bits per heavy atom. The molecule has 2 aromatic carbocycles. The van der Waals surface area contributed by atoms with E-state index in [4.69, 9.17) is 47.4 Å². The lowest BCUT2D eigenvalue weighted by Gasteiger charge is -2.23. The number of amidine groups is 1. The van der Waals surface area contributed by atoms with Crippen LogP contribution in [-0.4, -0.2) is 63.8 Å². The lowest BCUT2D eigenvalue weighted by Crippen LogP contribution is -2.32. The van der Waals surface area contributed by atoms with Gasteiger partial charge in [0.05, 0.1) is 47.5 Å². The molecule has 3 aromatic heterocycles. The maximum Gasteiger partial charge on any atom is 0.311 e. The number of rotatable bonds is 14. The van der Waals surface area contributed by atoms with Crippen molar-refractivity contribution in [3.05, 3.63) is 116 Å². The second-order valence-electron chi connectivity index (χ2n) is 13.8. The lowest BCUT2D eigenvalue weighted by molar-refractivity contribution is -0.150. The number of hydrogen-bond donors (Lipinski definition) is 3. The number of hydrogen-bond acceptors (Lipinski definition) is 11. The van der Waals surface area contributed by atoms with Crippen molar-refractivity contribution in [3.63, 3.8) is 0 Å². The lowest BCUT2D eigenvalue weighted by atomic mass is 9.85. The molecule has 5 aromatic rings. The van der Waals surface area contributed by atoms with Crippen LogP contribution in [0.3, 0.4) is 0 Å². The van der Waals surface area contributed by atoms with E-state index in [0.29, 0.717) is 52.7 Å². The standard InChI is InChI=1S/C42H38Cl2N6O6/c1-42(23-51,41(52)53)14-13-26-18-33(43)40(50-38(26)55-22-25-17-24(19-45)20-46-21-25)56-35-12-10-28-27(5-3-6-29(28)35)30-7-4-8-31(36(30)44)34-11-9-32(39(49-34)54-2)37-47-15-16-48-37/h3-9,11,17-18,20-21,35,51H,10,12-16,22-23H2,1-2H3,(H,47,48)(H,52,53)/t35-,42-/m0/s1. The molecule has 0 unspecified atom stereocenters. The van der Waals surface area contributed by atoms with E-state index in [9.17, 15) is 20.3 Å². The summed E-state index contributed by atoms with van der Waals surface area (Å²) in [7, 11) is 1.59. The number of benzene rings is 2. The zero-order valence-electron chi connectivity index (χ0n) is 30.7. The van der Waals surface area contributed by atoms with Gasteiger partial charge in [-0.1, -0.05) is 59.6 Å². The van der Waals surface area contributed by atoms with E-state index < -0.39 is 18.0 Å². The third-order valence-corrected chi connectivity index (χ3v) is 10.8. The smallest absolute Gasteiger partial charge is 0.311 e. The third-order valence-electron chi connectivity index (χ3n) is 10.1. The zero-order chi connectivity index (χ0) is 39.4. The van der Waals surface area contributed by atoms with Crippen LogP contribution in [0.2, 0.25) is 10.0 Å². The summed E-state index contributed by atoms with van der Waals surface area (Å²) in [6, 6.07) is 21.2. The minimum absolute atomic E-state index is 0.0359. The van der Waals surface area contributed by atoms with Crippen LogP contribution in [0.4, 0.5) is 0 Å². The minimum atomic E-state index is -1.38. The summed E-state index contributed by atoms with van der Waals surface area (Å²) in [6.07, 6.45) is 4.32. The average molecular weight is 794 g/mol. The van der Waals surface area contributed by atoms with E-state index in [2.05, 4.69) is 21.4 Å². The Morgan fingerprint density at radius 1 is 1.02 bits per heavy atom. The molecular formula is C42H38Cl2N6O6. The molecule has 0 bridgehead atoms. The summed E-state index contributed by atoms with van der Waals surface area (Å²) in [5, 5.41) is 33.0. The first kappa shape index (κ1) is 38.5. The third kappa shape index (κ3) is 7.84. The van der Waals surface area contributed by atoms with Gasteiger partial charge < -0.3 is 29.7 Å². The van der Waals surface area contributed by atoms with Gasteiger partial charge in [-0.05, 0) is 73.6 Å². The van der Waals surface area contributed by atoms with Crippen LogP contribution in [0.25, 0.3) is 22.4 Å². The van der Waals surface area contributed by atoms with E-state index in [-0.39, 0.29) is 42.3 Å². The van der Waals surface area contributed by atoms with E-state index in [1.807, 2.05) is 48.5 Å². The van der Waals surface area contributed by atoms with Gasteiger partial charge in [-0.25, -0.2) is 4.98 Å². The van der Waals surface area contributed by atoms with Crippen molar-refractivity contribution in [2.75, 3.05) is 26.8 Å². The molecule has 0 amide bonds. The number of nitrogens with zero attached hydrogens (tertiary/aromatic N) is 5. The SMILES string of the molecule is COc1nc(-c2cccc(-c3cccc4c3CC[C@@H]4Oc3nc(OCc4cncc(C#N)c4)c(CC[C@@](C)(CO)C(=O)O)cc3Cl)c2Cl)ccc1C1=NCCN1. The van der Waals surface area contributed by atoms with Crippen LogP contribution in [-0.2, 0) is 24.2 Å². The second-order valence-corrected chi connectivity index (χ2v) is 14.6. The van der Waals surface area contributed by atoms with Crippen molar-refractivity contribution in [2.24, 2.45) is 10.4 Å². The van der Waals surface area contributed by atoms with Gasteiger partial charge in [-0.3, -0.25) is 14.8 Å². The number of carbonyl (C=O) groups is 1. The number of aliphatic carboxylic acids is 1. The summed E-state index contributed by atoms with van der Waals surface area (Å²) in [4.78, 5) is 30.0. The van der Waals surface area contributed by atoms with Crippen LogP contribution in [0, 0.1) is 16.7 Å². The number of methoxy groups -OCH3 is 1. The van der Waals surface area contributed by atoms with Gasteiger partial charge in [0.15, 0.2) is 0 Å². The molecular weight excluding hydrogens is 755 g/mol. The van der Waals surface area contributed by atoms with Gasteiger partial charge in [0.25, 0.3) is 0 Å². The molecule has 0 saturated heterocycles. The van der Waals surface area contributed by atoms with Crippen molar-refractivity contribution in [1.29, 1.82) is 5.26 Å². The molecule has 1 aliphatic carbocycles. The molecule has 0 spiro atoms. The van der Waals surface area contributed by atoms with E-state index >= 15 is 0 Å². The first-order valence-electron chi connectivity index (χ1n) is 18.0. The number of carboxylic acid groups (broad SMARTS) is 1. The highest BCUT2D eigenvalue weighted by molar-refractivity contribution is 6.36. The maximum atomic E-state index is 11.9. The number of ether oxygens (including phenoxy) is 3. The summed E-state index contributed by atoms with van der Waals surface area (Å²) in [5.41, 5.74) is 6.31. The van der Waals surface area contributed by atoms with Crippen molar-refractivity contribution in [3.8, 4) is 46.1 Å². The van der Waals surface area contributed by atoms with Gasteiger partial charge in [0, 0.05) is 41.2 Å². The fourth-order valence-electron chi connectivity index (χ4n) is 6.89. The van der Waals surface area contributed by atoms with Crippen LogP contribution >= 0.6 is 23.2 Å². The Labute approximate surface area is 333 Å². The predicted molar refractivity (Wildman–Crippen MR) is 211 cm³/mol. The zero-order valence-corrected chi connectivity index (χ0v) is 32.2. The molecule has 12 nitrogen and oxygen atoms in total. The van der Waals surface area contributed by atoms with Gasteiger partial charge in [0.2, 0.25) is 17.6 Å². The van der Waals surface area contributed by atoms with Gasteiger partial charge in [-0.15, -0.1) is 0 Å². The highest BCUT2D eigenvalue weighted by Crippen LogP contribution is 2.45. The Bertz CT molecular complexity index is 2380. The fourth-order valence-corrected chi connectivity index (χ4v) is 7.44. The molecule has 1 aliphatic heterocycles. The quantitative estimate of drug-likeness (QED) is 0.102. The summed E-state index contributed by atoms with van der Waals surface area (Å²) < 4.78 is 18.3. The number of aliphatic hydroxyl groups excluding tert-OH is 1. The first-order valence-corrected chi connectivity index (χ1v) is 18.8. The van der Waals surface area contributed by atoms with E-state index in [1.54, 1.807) is 25.4 Å². The summed E-state index contributed by atoms with van der Waals surface area (Å²) in [6.45, 7) is 2.44. The molecule has 4 heterocycles. The van der Waals surface area contributed by atoms with Crippen molar-refractivity contribution in [1.82, 2.24) is 20.3 Å². The van der Waals surface area contributed by atoms with Crippen LogP contribution in [0.5, 0.6) is 17.6 Å².